The van der Waals surface area contributed by atoms with Crippen LogP contribution in [0.1, 0.15) is 63.0 Å². The fraction of sp³-hybridized carbons (Fsp3) is 0.647. The van der Waals surface area contributed by atoms with Gasteiger partial charge < -0.3 is 10.2 Å². The Hall–Kier alpha value is -1.58. The number of rotatable bonds is 4. The number of pyridine rings is 1. The van der Waals surface area contributed by atoms with E-state index in [0.717, 1.165) is 31.6 Å². The van der Waals surface area contributed by atoms with E-state index in [-0.39, 0.29) is 6.04 Å². The highest BCUT2D eigenvalue weighted by Gasteiger charge is 2.26. The molecule has 0 spiro atoms. The molecule has 1 N–H and O–H groups in total. The third kappa shape index (κ3) is 3.36. The first kappa shape index (κ1) is 14.4. The second-order valence-electron chi connectivity index (χ2n) is 6.28. The Morgan fingerprint density at radius 1 is 1.14 bits per heavy atom. The molecule has 1 saturated heterocycles. The summed E-state index contributed by atoms with van der Waals surface area (Å²) in [6.07, 6.45) is 12.6. The number of amides is 1. The van der Waals surface area contributed by atoms with E-state index in [9.17, 15) is 4.79 Å². The van der Waals surface area contributed by atoms with E-state index in [4.69, 9.17) is 0 Å². The highest BCUT2D eigenvalue weighted by Crippen LogP contribution is 2.34. The van der Waals surface area contributed by atoms with Gasteiger partial charge in [-0.05, 0) is 38.2 Å². The van der Waals surface area contributed by atoms with Crippen LogP contribution >= 0.6 is 0 Å². The predicted molar refractivity (Wildman–Crippen MR) is 84.1 cm³/mol. The van der Waals surface area contributed by atoms with Crippen molar-refractivity contribution in [2.45, 2.75) is 63.5 Å². The zero-order valence-corrected chi connectivity index (χ0v) is 12.6. The second kappa shape index (κ2) is 6.92. The molecule has 0 unspecified atom stereocenters. The minimum atomic E-state index is 0.191. The lowest BCUT2D eigenvalue weighted by atomic mass is 9.93. The number of hydrogen-bond donors (Lipinski definition) is 1. The van der Waals surface area contributed by atoms with Crippen molar-refractivity contribution in [3.63, 3.8) is 0 Å². The molecule has 3 rings (SSSR count). The molecule has 4 nitrogen and oxygen atoms in total. The molecule has 4 heteroatoms. The third-order valence-electron chi connectivity index (χ3n) is 4.82. The lowest BCUT2D eigenvalue weighted by molar-refractivity contribution is -0.121. The van der Waals surface area contributed by atoms with E-state index in [0.29, 0.717) is 6.04 Å². The van der Waals surface area contributed by atoms with Crippen LogP contribution in [0.4, 0.5) is 5.82 Å². The largest absolute Gasteiger partial charge is 0.367 e. The molecule has 0 aromatic carbocycles. The van der Waals surface area contributed by atoms with Crippen molar-refractivity contribution in [3.8, 4) is 0 Å². The lowest BCUT2D eigenvalue weighted by Crippen LogP contribution is -2.33. The molecule has 1 atom stereocenters. The van der Waals surface area contributed by atoms with Crippen LogP contribution in [0, 0.1) is 0 Å². The molecule has 2 heterocycles. The molecule has 1 amide bonds. The summed E-state index contributed by atoms with van der Waals surface area (Å²) in [6.45, 7) is 0.867. The van der Waals surface area contributed by atoms with Gasteiger partial charge in [-0.15, -0.1) is 0 Å². The van der Waals surface area contributed by atoms with Gasteiger partial charge in [0.15, 0.2) is 0 Å². The van der Waals surface area contributed by atoms with Crippen molar-refractivity contribution in [2.24, 2.45) is 0 Å². The summed E-state index contributed by atoms with van der Waals surface area (Å²) < 4.78 is 0. The Morgan fingerprint density at radius 3 is 2.76 bits per heavy atom. The Labute approximate surface area is 126 Å². The summed E-state index contributed by atoms with van der Waals surface area (Å²) in [4.78, 5) is 17.8. The van der Waals surface area contributed by atoms with E-state index >= 15 is 0 Å². The van der Waals surface area contributed by atoms with Crippen LogP contribution in [0.2, 0.25) is 0 Å². The van der Waals surface area contributed by atoms with E-state index in [1.807, 2.05) is 17.2 Å². The lowest BCUT2D eigenvalue weighted by Gasteiger charge is -2.34. The molecule has 1 aromatic rings. The fourth-order valence-corrected chi connectivity index (χ4v) is 3.66. The minimum absolute atomic E-state index is 0.191. The maximum atomic E-state index is 11.3. The normalized spacial score (nSPS) is 23.8. The van der Waals surface area contributed by atoms with Crippen molar-refractivity contribution in [1.82, 2.24) is 9.88 Å². The monoisotopic (exact) mass is 287 g/mol. The SMILES string of the molecule is O=CN1CCCC[C@H]1c1cccnc1NC1CCCCC1. The van der Waals surface area contributed by atoms with Crippen molar-refractivity contribution < 1.29 is 4.79 Å². The first-order chi connectivity index (χ1) is 10.4. The van der Waals surface area contributed by atoms with Gasteiger partial charge in [0, 0.05) is 24.3 Å². The first-order valence-electron chi connectivity index (χ1n) is 8.31. The van der Waals surface area contributed by atoms with Gasteiger partial charge in [-0.1, -0.05) is 25.3 Å². The van der Waals surface area contributed by atoms with Crippen LogP contribution in [-0.2, 0) is 4.79 Å². The molecular weight excluding hydrogens is 262 g/mol. The number of carbonyl (C=O) groups is 1. The average Bonchev–Trinajstić information content (AvgIpc) is 2.56. The molecule has 1 aliphatic heterocycles. The molecule has 1 aromatic heterocycles. The number of hydrogen-bond acceptors (Lipinski definition) is 3. The van der Waals surface area contributed by atoms with Crippen molar-refractivity contribution in [2.75, 3.05) is 11.9 Å². The molecular formula is C17H25N3O. The Morgan fingerprint density at radius 2 is 1.95 bits per heavy atom. The standard InChI is InChI=1S/C17H25N3O/c21-13-20-12-5-4-10-16(20)15-9-6-11-18-17(15)19-14-7-2-1-3-8-14/h6,9,11,13-14,16H,1-5,7-8,10,12H2,(H,18,19)/t16-/m0/s1. The molecule has 1 saturated carbocycles. The Balaban J connectivity index is 1.79. The van der Waals surface area contributed by atoms with Gasteiger partial charge >= 0.3 is 0 Å². The van der Waals surface area contributed by atoms with Gasteiger partial charge in [-0.2, -0.15) is 0 Å². The summed E-state index contributed by atoms with van der Waals surface area (Å²) in [5, 5.41) is 3.64. The van der Waals surface area contributed by atoms with E-state index < -0.39 is 0 Å². The van der Waals surface area contributed by atoms with E-state index in [1.165, 1.54) is 44.1 Å². The van der Waals surface area contributed by atoms with Gasteiger partial charge in [-0.3, -0.25) is 4.79 Å². The van der Waals surface area contributed by atoms with Gasteiger partial charge in [0.25, 0.3) is 0 Å². The maximum absolute atomic E-state index is 11.3. The average molecular weight is 287 g/mol. The summed E-state index contributed by atoms with van der Waals surface area (Å²) in [5.41, 5.74) is 1.19. The summed E-state index contributed by atoms with van der Waals surface area (Å²) in [5.74, 6) is 0.989. The zero-order chi connectivity index (χ0) is 14.5. The number of piperidine rings is 1. The molecule has 21 heavy (non-hydrogen) atoms. The van der Waals surface area contributed by atoms with Gasteiger partial charge in [-0.25, -0.2) is 4.98 Å². The number of carbonyl (C=O) groups excluding carboxylic acids is 1. The predicted octanol–water partition coefficient (Wildman–Crippen LogP) is 3.51. The fourth-order valence-electron chi connectivity index (χ4n) is 3.66. The zero-order valence-electron chi connectivity index (χ0n) is 12.6. The summed E-state index contributed by atoms with van der Waals surface area (Å²) in [6, 6.07) is 4.85. The number of nitrogens with zero attached hydrogens (tertiary/aromatic N) is 2. The summed E-state index contributed by atoms with van der Waals surface area (Å²) in [7, 11) is 0. The molecule has 1 aliphatic carbocycles. The number of anilines is 1. The van der Waals surface area contributed by atoms with Crippen LogP contribution in [0.5, 0.6) is 0 Å². The van der Waals surface area contributed by atoms with E-state index in [2.05, 4.69) is 16.4 Å². The van der Waals surface area contributed by atoms with E-state index in [1.54, 1.807) is 0 Å². The molecule has 114 valence electrons. The van der Waals surface area contributed by atoms with Crippen LogP contribution in [0.25, 0.3) is 0 Å². The highest BCUT2D eigenvalue weighted by atomic mass is 16.1. The van der Waals surface area contributed by atoms with Crippen LogP contribution in [0.15, 0.2) is 18.3 Å². The van der Waals surface area contributed by atoms with Crippen LogP contribution < -0.4 is 5.32 Å². The number of aromatic nitrogens is 1. The van der Waals surface area contributed by atoms with Crippen molar-refractivity contribution in [1.29, 1.82) is 0 Å². The second-order valence-corrected chi connectivity index (χ2v) is 6.28. The smallest absolute Gasteiger partial charge is 0.210 e. The van der Waals surface area contributed by atoms with Gasteiger partial charge in [0.2, 0.25) is 6.41 Å². The molecule has 0 bridgehead atoms. The van der Waals surface area contributed by atoms with Crippen molar-refractivity contribution >= 4 is 12.2 Å². The molecule has 0 radical (unpaired) electrons. The van der Waals surface area contributed by atoms with Crippen LogP contribution in [0.3, 0.4) is 0 Å². The minimum Gasteiger partial charge on any atom is -0.367 e. The van der Waals surface area contributed by atoms with Crippen molar-refractivity contribution in [3.05, 3.63) is 23.9 Å². The number of nitrogens with one attached hydrogen (secondary N) is 1. The quantitative estimate of drug-likeness (QED) is 0.862. The number of likely N-dealkylation sites (tertiary alicyclic amines) is 1. The maximum Gasteiger partial charge on any atom is 0.210 e. The first-order valence-corrected chi connectivity index (χ1v) is 8.31. The van der Waals surface area contributed by atoms with Gasteiger partial charge in [0.05, 0.1) is 6.04 Å². The topological polar surface area (TPSA) is 45.2 Å². The Kier molecular flexibility index (Phi) is 4.73. The van der Waals surface area contributed by atoms with Gasteiger partial charge in [0.1, 0.15) is 5.82 Å². The van der Waals surface area contributed by atoms with Crippen LogP contribution in [-0.4, -0.2) is 28.9 Å². The molecule has 2 aliphatic rings. The Bertz CT molecular complexity index is 471. The molecule has 2 fully saturated rings. The third-order valence-corrected chi connectivity index (χ3v) is 4.82. The highest BCUT2D eigenvalue weighted by molar-refractivity contribution is 5.53. The summed E-state index contributed by atoms with van der Waals surface area (Å²) >= 11 is 0.